The molecule has 0 atom stereocenters. The number of nitrogens with zero attached hydrogens (tertiary/aromatic N) is 2. The first-order chi connectivity index (χ1) is 27.7. The van der Waals surface area contributed by atoms with Gasteiger partial charge in [0.25, 0.3) is 5.24 Å². The summed E-state index contributed by atoms with van der Waals surface area (Å²) in [6, 6.07) is 0. The molecule has 0 radical (unpaired) electrons. The molecule has 0 aromatic heterocycles. The molecule has 8 heteroatoms. The summed E-state index contributed by atoms with van der Waals surface area (Å²) in [6.45, 7) is 11.1. The molecule has 1 rings (SSSR count). The minimum absolute atomic E-state index is 0.0573. The van der Waals surface area contributed by atoms with Crippen molar-refractivity contribution in [3.05, 3.63) is 0 Å². The van der Waals surface area contributed by atoms with Gasteiger partial charge in [-0.15, -0.1) is 0 Å². The van der Waals surface area contributed by atoms with Crippen molar-refractivity contribution in [2.45, 2.75) is 252 Å². The molecule has 1 saturated heterocycles. The Labute approximate surface area is 358 Å². The number of hydrogen-bond donors (Lipinski definition) is 0. The lowest BCUT2D eigenvalue weighted by atomic mass is 9.73. The molecule has 1 aliphatic rings. The summed E-state index contributed by atoms with van der Waals surface area (Å²) in [5, 5.41) is 0.114. The van der Waals surface area contributed by atoms with Gasteiger partial charge in [-0.3, -0.25) is 14.4 Å². The highest BCUT2D eigenvalue weighted by Gasteiger charge is 2.41. The number of thioether (sulfide) groups is 1. The Morgan fingerprint density at radius 1 is 0.526 bits per heavy atom. The van der Waals surface area contributed by atoms with Gasteiger partial charge in [0.1, 0.15) is 12.2 Å². The van der Waals surface area contributed by atoms with Crippen molar-refractivity contribution in [2.75, 3.05) is 39.5 Å². The van der Waals surface area contributed by atoms with Crippen molar-refractivity contribution in [1.29, 1.82) is 0 Å². The highest BCUT2D eigenvalue weighted by atomic mass is 32.2. The number of carbonyl (C=O) groups excluding carboxylic acids is 3. The fraction of sp³-hybridized carbons (Fsp3) is 0.939. The summed E-state index contributed by atoms with van der Waals surface area (Å²) in [5.41, 5.74) is -0.545. The smallest absolute Gasteiger partial charge is 0.306 e. The molecule has 1 amide bonds. The summed E-state index contributed by atoms with van der Waals surface area (Å²) >= 11 is 1.40. The van der Waals surface area contributed by atoms with Gasteiger partial charge in [0.05, 0.1) is 12.8 Å². The fourth-order valence-electron chi connectivity index (χ4n) is 8.41. The van der Waals surface area contributed by atoms with E-state index in [0.29, 0.717) is 25.9 Å². The second-order valence-electron chi connectivity index (χ2n) is 18.1. The third-order valence-corrected chi connectivity index (χ3v) is 13.2. The molecule has 0 aromatic rings. The predicted octanol–water partition coefficient (Wildman–Crippen LogP) is 14.5. The van der Waals surface area contributed by atoms with Gasteiger partial charge in [-0.2, -0.15) is 0 Å². The van der Waals surface area contributed by atoms with Crippen LogP contribution in [0.5, 0.6) is 0 Å². The Balaban J connectivity index is 3.04. The normalized spacial score (nSPS) is 14.2. The summed E-state index contributed by atoms with van der Waals surface area (Å²) in [5.74, 6) is 0.464. The van der Waals surface area contributed by atoms with Crippen LogP contribution in [0.25, 0.3) is 0 Å². The summed E-state index contributed by atoms with van der Waals surface area (Å²) in [6.07, 6.45) is 35.6. The third-order valence-electron chi connectivity index (χ3n) is 12.2. The molecule has 57 heavy (non-hydrogen) atoms. The lowest BCUT2D eigenvalue weighted by molar-refractivity contribution is -0.158. The molecule has 0 aromatic carbocycles. The standard InChI is InChI=1S/C49H94N2O5S/c1-7-11-15-19-23-27-32-44(33-28-24-20-16-12-8-2)55-46(52)42-49(36-39-51(40-37-49)48(54)57-41-31-38-50(5)6)43-47(53)56-45(34-29-25-21-17-13-9-3)35-30-26-22-18-14-10-4/h44-45H,7-43H2,1-6H3. The third kappa shape index (κ3) is 29.6. The predicted molar refractivity (Wildman–Crippen MR) is 245 cm³/mol. The van der Waals surface area contributed by atoms with Gasteiger partial charge >= 0.3 is 11.9 Å². The second kappa shape index (κ2) is 36.6. The number of amides is 1. The molecule has 1 heterocycles. The molecule has 0 saturated carbocycles. The van der Waals surface area contributed by atoms with E-state index in [2.05, 4.69) is 46.7 Å². The molecule has 1 aliphatic heterocycles. The quantitative estimate of drug-likeness (QED) is 0.0453. The Bertz CT molecular complexity index is 883. The number of unbranched alkanes of at least 4 members (excludes halogenated alkanes) is 20. The van der Waals surface area contributed by atoms with E-state index in [4.69, 9.17) is 9.47 Å². The van der Waals surface area contributed by atoms with Crippen molar-refractivity contribution in [2.24, 2.45) is 5.41 Å². The highest BCUT2D eigenvalue weighted by molar-refractivity contribution is 8.13. The molecule has 0 spiro atoms. The zero-order valence-corrected chi connectivity index (χ0v) is 39.5. The van der Waals surface area contributed by atoms with E-state index < -0.39 is 5.41 Å². The van der Waals surface area contributed by atoms with Crippen LogP contribution in [0.3, 0.4) is 0 Å². The molecule has 1 fully saturated rings. The van der Waals surface area contributed by atoms with Crippen LogP contribution < -0.4 is 0 Å². The molecule has 0 N–H and O–H groups in total. The Hall–Kier alpha value is -1.28. The van der Waals surface area contributed by atoms with Gasteiger partial charge in [0, 0.05) is 18.8 Å². The van der Waals surface area contributed by atoms with Gasteiger partial charge in [-0.1, -0.05) is 168 Å². The van der Waals surface area contributed by atoms with Gasteiger partial charge in [-0.25, -0.2) is 0 Å². The molecule has 0 aliphatic carbocycles. The lowest BCUT2D eigenvalue weighted by Gasteiger charge is -2.41. The van der Waals surface area contributed by atoms with Crippen LogP contribution in [-0.2, 0) is 19.1 Å². The highest BCUT2D eigenvalue weighted by Crippen LogP contribution is 2.40. The molecule has 336 valence electrons. The maximum Gasteiger partial charge on any atom is 0.306 e. The Morgan fingerprint density at radius 3 is 1.19 bits per heavy atom. The molecule has 0 bridgehead atoms. The first kappa shape index (κ1) is 53.7. The number of likely N-dealkylation sites (tertiary alicyclic amines) is 1. The molecular weight excluding hydrogens is 729 g/mol. The number of piperidine rings is 1. The average Bonchev–Trinajstić information content (AvgIpc) is 3.18. The van der Waals surface area contributed by atoms with Crippen LogP contribution in [0.1, 0.15) is 240 Å². The van der Waals surface area contributed by atoms with E-state index in [0.717, 1.165) is 70.1 Å². The monoisotopic (exact) mass is 823 g/mol. The minimum atomic E-state index is -0.545. The number of esters is 2. The number of carbonyl (C=O) groups is 3. The number of ether oxygens (including phenoxy) is 2. The zero-order chi connectivity index (χ0) is 41.8. The second-order valence-corrected chi connectivity index (χ2v) is 19.1. The van der Waals surface area contributed by atoms with Crippen molar-refractivity contribution in [3.8, 4) is 0 Å². The van der Waals surface area contributed by atoms with Crippen LogP contribution in [0.15, 0.2) is 0 Å². The maximum atomic E-state index is 14.0. The van der Waals surface area contributed by atoms with Gasteiger partial charge in [0.15, 0.2) is 0 Å². The van der Waals surface area contributed by atoms with Crippen molar-refractivity contribution in [3.63, 3.8) is 0 Å². The first-order valence-corrected chi connectivity index (χ1v) is 25.6. The van der Waals surface area contributed by atoms with Crippen LogP contribution in [0.4, 0.5) is 4.79 Å². The fourth-order valence-corrected chi connectivity index (χ4v) is 9.23. The van der Waals surface area contributed by atoms with E-state index in [1.807, 2.05) is 4.90 Å². The van der Waals surface area contributed by atoms with E-state index in [-0.39, 0.29) is 42.2 Å². The summed E-state index contributed by atoms with van der Waals surface area (Å²) in [4.78, 5) is 45.2. The molecule has 0 unspecified atom stereocenters. The summed E-state index contributed by atoms with van der Waals surface area (Å²) in [7, 11) is 4.12. The number of rotatable bonds is 38. The van der Waals surface area contributed by atoms with Crippen molar-refractivity contribution < 1.29 is 23.9 Å². The number of hydrogen-bond acceptors (Lipinski definition) is 7. The lowest BCUT2D eigenvalue weighted by Crippen LogP contribution is -2.44. The van der Waals surface area contributed by atoms with Crippen LogP contribution in [0.2, 0.25) is 0 Å². The summed E-state index contributed by atoms with van der Waals surface area (Å²) < 4.78 is 12.7. The topological polar surface area (TPSA) is 76.2 Å². The van der Waals surface area contributed by atoms with Crippen molar-refractivity contribution in [1.82, 2.24) is 9.80 Å². The Kier molecular flexibility index (Phi) is 34.5. The molecule has 7 nitrogen and oxygen atoms in total. The van der Waals surface area contributed by atoms with Crippen molar-refractivity contribution >= 4 is 28.9 Å². The van der Waals surface area contributed by atoms with Gasteiger partial charge in [-0.05, 0) is 96.7 Å². The van der Waals surface area contributed by atoms with E-state index >= 15 is 0 Å². The van der Waals surface area contributed by atoms with E-state index in [1.54, 1.807) is 0 Å². The Morgan fingerprint density at radius 2 is 0.860 bits per heavy atom. The van der Waals surface area contributed by atoms with Crippen LogP contribution in [-0.4, -0.2) is 78.7 Å². The van der Waals surface area contributed by atoms with E-state index in [9.17, 15) is 14.4 Å². The van der Waals surface area contributed by atoms with Gasteiger partial charge < -0.3 is 19.3 Å². The minimum Gasteiger partial charge on any atom is -0.462 e. The van der Waals surface area contributed by atoms with E-state index in [1.165, 1.54) is 140 Å². The van der Waals surface area contributed by atoms with Gasteiger partial charge in [0.2, 0.25) is 0 Å². The zero-order valence-electron chi connectivity index (χ0n) is 38.7. The van der Waals surface area contributed by atoms with Crippen LogP contribution in [0, 0.1) is 5.41 Å². The SMILES string of the molecule is CCCCCCCCC(CCCCCCCC)OC(=O)CC1(CC(=O)OC(CCCCCCCC)CCCCCCCC)CCN(C(=O)SCCCN(C)C)CC1. The first-order valence-electron chi connectivity index (χ1n) is 24.6. The largest absolute Gasteiger partial charge is 0.462 e. The maximum absolute atomic E-state index is 14.0. The average molecular weight is 823 g/mol. The molecular formula is C49H94N2O5S. The van der Waals surface area contributed by atoms with Crippen LogP contribution >= 0.6 is 11.8 Å².